The number of fused-ring (bicyclic) bond motifs is 1. The van der Waals surface area contributed by atoms with E-state index in [0.29, 0.717) is 48.3 Å². The molecule has 2 aromatic rings. The number of hydrogen-bond donors (Lipinski definition) is 1. The van der Waals surface area contributed by atoms with Gasteiger partial charge in [-0.25, -0.2) is 4.79 Å². The molecule has 0 bridgehead atoms. The standard InChI is InChI=1S/C23H23ClN4O5/c1-23(15-5-6-18-19(11-15)33-14-32-18)21(30)28(22(31)25-23)13-20(29)27-9-7-26(8-10-27)17-4-2-3-16(24)12-17/h2-6,11-12H,7-10,13-14H2,1H3,(H,25,31)/t23-/m0/s1. The average Bonchev–Trinajstić information content (AvgIpc) is 3.37. The Kier molecular flexibility index (Phi) is 5.28. The van der Waals surface area contributed by atoms with Gasteiger partial charge in [0.25, 0.3) is 5.91 Å². The van der Waals surface area contributed by atoms with Gasteiger partial charge in [-0.05, 0) is 42.8 Å². The molecule has 10 heteroatoms. The molecule has 0 radical (unpaired) electrons. The molecule has 3 aliphatic heterocycles. The van der Waals surface area contributed by atoms with Gasteiger partial charge in [0.05, 0.1) is 0 Å². The number of carbonyl (C=O) groups is 3. The number of carbonyl (C=O) groups excluding carboxylic acids is 3. The van der Waals surface area contributed by atoms with Crippen molar-refractivity contribution in [1.29, 1.82) is 0 Å². The number of hydrogen-bond acceptors (Lipinski definition) is 6. The van der Waals surface area contributed by atoms with Crippen molar-refractivity contribution in [3.63, 3.8) is 0 Å². The van der Waals surface area contributed by atoms with Crippen molar-refractivity contribution in [2.45, 2.75) is 12.5 Å². The Labute approximate surface area is 195 Å². The second-order valence-corrected chi connectivity index (χ2v) is 8.80. The number of amides is 4. The molecule has 0 aromatic heterocycles. The smallest absolute Gasteiger partial charge is 0.325 e. The molecule has 2 fully saturated rings. The molecular formula is C23H23ClN4O5. The van der Waals surface area contributed by atoms with E-state index in [0.717, 1.165) is 10.6 Å². The minimum atomic E-state index is -1.29. The van der Waals surface area contributed by atoms with E-state index >= 15 is 0 Å². The highest BCUT2D eigenvalue weighted by molar-refractivity contribution is 6.30. The Bertz CT molecular complexity index is 1130. The third-order valence-electron chi connectivity index (χ3n) is 6.32. The van der Waals surface area contributed by atoms with E-state index in [-0.39, 0.29) is 19.2 Å². The number of piperazine rings is 1. The topological polar surface area (TPSA) is 91.4 Å². The van der Waals surface area contributed by atoms with Crippen LogP contribution >= 0.6 is 11.6 Å². The van der Waals surface area contributed by atoms with Crippen molar-refractivity contribution in [3.05, 3.63) is 53.1 Å². The van der Waals surface area contributed by atoms with E-state index < -0.39 is 17.5 Å². The molecule has 4 amide bonds. The first kappa shape index (κ1) is 21.4. The summed E-state index contributed by atoms with van der Waals surface area (Å²) in [5.41, 5.74) is 0.280. The van der Waals surface area contributed by atoms with E-state index in [9.17, 15) is 14.4 Å². The quantitative estimate of drug-likeness (QED) is 0.689. The first-order chi connectivity index (χ1) is 15.8. The van der Waals surface area contributed by atoms with Crippen molar-refractivity contribution in [3.8, 4) is 11.5 Å². The lowest BCUT2D eigenvalue weighted by Gasteiger charge is -2.36. The van der Waals surface area contributed by atoms with E-state index in [4.69, 9.17) is 21.1 Å². The Morgan fingerprint density at radius 2 is 1.82 bits per heavy atom. The largest absolute Gasteiger partial charge is 0.454 e. The van der Waals surface area contributed by atoms with Crippen LogP contribution < -0.4 is 19.7 Å². The molecule has 0 unspecified atom stereocenters. The van der Waals surface area contributed by atoms with E-state index in [1.165, 1.54) is 0 Å². The van der Waals surface area contributed by atoms with Gasteiger partial charge in [-0.2, -0.15) is 0 Å². The van der Waals surface area contributed by atoms with Crippen LogP contribution in [0.5, 0.6) is 11.5 Å². The maximum absolute atomic E-state index is 13.2. The molecule has 2 aromatic carbocycles. The van der Waals surface area contributed by atoms with Gasteiger partial charge in [0.2, 0.25) is 12.7 Å². The summed E-state index contributed by atoms with van der Waals surface area (Å²) >= 11 is 6.08. The molecule has 33 heavy (non-hydrogen) atoms. The maximum Gasteiger partial charge on any atom is 0.325 e. The van der Waals surface area contributed by atoms with Crippen LogP contribution in [0.2, 0.25) is 5.02 Å². The molecule has 0 saturated carbocycles. The summed E-state index contributed by atoms with van der Waals surface area (Å²) in [4.78, 5) is 43.6. The summed E-state index contributed by atoms with van der Waals surface area (Å²) in [6.07, 6.45) is 0. The van der Waals surface area contributed by atoms with Crippen molar-refractivity contribution in [1.82, 2.24) is 15.1 Å². The van der Waals surface area contributed by atoms with Crippen LogP contribution in [-0.2, 0) is 15.1 Å². The fraction of sp³-hybridized carbons (Fsp3) is 0.348. The predicted molar refractivity (Wildman–Crippen MR) is 120 cm³/mol. The van der Waals surface area contributed by atoms with E-state index in [1.54, 1.807) is 30.0 Å². The first-order valence-corrected chi connectivity index (χ1v) is 11.1. The van der Waals surface area contributed by atoms with Crippen LogP contribution in [0.4, 0.5) is 10.5 Å². The van der Waals surface area contributed by atoms with Gasteiger partial charge in [0.1, 0.15) is 12.1 Å². The summed E-state index contributed by atoms with van der Waals surface area (Å²) in [6.45, 7) is 3.70. The fourth-order valence-corrected chi connectivity index (χ4v) is 4.55. The monoisotopic (exact) mass is 470 g/mol. The number of benzene rings is 2. The molecule has 5 rings (SSSR count). The molecule has 2 saturated heterocycles. The molecule has 0 spiro atoms. The van der Waals surface area contributed by atoms with Crippen molar-refractivity contribution in [2.24, 2.45) is 0 Å². The maximum atomic E-state index is 13.2. The van der Waals surface area contributed by atoms with Gasteiger partial charge in [0.15, 0.2) is 11.5 Å². The zero-order valence-corrected chi connectivity index (χ0v) is 18.8. The average molecular weight is 471 g/mol. The van der Waals surface area contributed by atoms with Crippen molar-refractivity contribution < 1.29 is 23.9 Å². The molecule has 1 atom stereocenters. The number of nitrogens with one attached hydrogen (secondary N) is 1. The van der Waals surface area contributed by atoms with Gasteiger partial charge in [-0.1, -0.05) is 23.7 Å². The van der Waals surface area contributed by atoms with Crippen LogP contribution in [0, 0.1) is 0 Å². The highest BCUT2D eigenvalue weighted by atomic mass is 35.5. The molecule has 1 N–H and O–H groups in total. The number of imide groups is 1. The van der Waals surface area contributed by atoms with Crippen LogP contribution in [0.15, 0.2) is 42.5 Å². The minimum absolute atomic E-state index is 0.112. The van der Waals surface area contributed by atoms with Crippen molar-refractivity contribution >= 4 is 35.1 Å². The normalized spacial score (nSPS) is 22.1. The Balaban J connectivity index is 1.24. The van der Waals surface area contributed by atoms with Crippen LogP contribution in [0.1, 0.15) is 12.5 Å². The second-order valence-electron chi connectivity index (χ2n) is 8.36. The third-order valence-corrected chi connectivity index (χ3v) is 6.56. The summed E-state index contributed by atoms with van der Waals surface area (Å²) < 4.78 is 10.7. The summed E-state index contributed by atoms with van der Waals surface area (Å²) in [6, 6.07) is 12.1. The molecule has 172 valence electrons. The van der Waals surface area contributed by atoms with Gasteiger partial charge in [-0.3, -0.25) is 14.5 Å². The predicted octanol–water partition coefficient (Wildman–Crippen LogP) is 2.18. The van der Waals surface area contributed by atoms with Gasteiger partial charge in [0, 0.05) is 36.9 Å². The highest BCUT2D eigenvalue weighted by Gasteiger charge is 2.50. The molecular weight excluding hydrogens is 448 g/mol. The molecule has 9 nitrogen and oxygen atoms in total. The van der Waals surface area contributed by atoms with Crippen molar-refractivity contribution in [2.75, 3.05) is 44.4 Å². The van der Waals surface area contributed by atoms with Gasteiger partial charge < -0.3 is 24.6 Å². The number of rotatable bonds is 4. The van der Waals surface area contributed by atoms with E-state index in [2.05, 4.69) is 10.2 Å². The molecule has 3 aliphatic rings. The Morgan fingerprint density at radius 1 is 1.06 bits per heavy atom. The number of nitrogens with zero attached hydrogens (tertiary/aromatic N) is 3. The third kappa shape index (κ3) is 3.82. The number of urea groups is 1. The summed E-state index contributed by atoms with van der Waals surface area (Å²) in [7, 11) is 0. The molecule has 3 heterocycles. The highest BCUT2D eigenvalue weighted by Crippen LogP contribution is 2.37. The van der Waals surface area contributed by atoms with E-state index in [1.807, 2.05) is 24.3 Å². The lowest BCUT2D eigenvalue weighted by molar-refractivity contribution is -0.139. The Hall–Kier alpha value is -3.46. The van der Waals surface area contributed by atoms with Crippen LogP contribution in [-0.4, -0.2) is 67.2 Å². The number of ether oxygens (including phenoxy) is 2. The zero-order chi connectivity index (χ0) is 23.2. The lowest BCUT2D eigenvalue weighted by atomic mass is 9.91. The SMILES string of the molecule is C[C@@]1(c2ccc3c(c2)OCO3)NC(=O)N(CC(=O)N2CCN(c3cccc(Cl)c3)CC2)C1=O. The Morgan fingerprint density at radius 3 is 2.58 bits per heavy atom. The van der Waals surface area contributed by atoms with Crippen LogP contribution in [0.25, 0.3) is 0 Å². The number of anilines is 1. The first-order valence-electron chi connectivity index (χ1n) is 10.7. The van der Waals surface area contributed by atoms with Crippen LogP contribution in [0.3, 0.4) is 0 Å². The summed E-state index contributed by atoms with van der Waals surface area (Å²) in [5, 5.41) is 3.39. The van der Waals surface area contributed by atoms with Gasteiger partial charge in [-0.15, -0.1) is 0 Å². The summed E-state index contributed by atoms with van der Waals surface area (Å²) in [5.74, 6) is 0.363. The zero-order valence-electron chi connectivity index (χ0n) is 18.0. The fourth-order valence-electron chi connectivity index (χ4n) is 4.37. The minimum Gasteiger partial charge on any atom is -0.454 e. The number of halogens is 1. The molecule has 0 aliphatic carbocycles. The lowest BCUT2D eigenvalue weighted by Crippen LogP contribution is -2.52. The van der Waals surface area contributed by atoms with Gasteiger partial charge >= 0.3 is 6.03 Å². The second kappa shape index (κ2) is 8.15.